The molecule has 0 radical (unpaired) electrons. The number of carbonyl (C=O) groups excluding carboxylic acids is 6. The lowest BCUT2D eigenvalue weighted by atomic mass is 10.1. The van der Waals surface area contributed by atoms with Crippen LogP contribution in [0, 0.1) is 0 Å². The van der Waals surface area contributed by atoms with Crippen molar-refractivity contribution in [2.75, 3.05) is 52.4 Å². The first-order valence-electron chi connectivity index (χ1n) is 18.4. The van der Waals surface area contributed by atoms with Gasteiger partial charge in [0.2, 0.25) is 23.6 Å². The second-order valence-electron chi connectivity index (χ2n) is 13.5. The maximum Gasteiger partial charge on any atom is 0.251 e. The number of amides is 6. The molecule has 6 rings (SSSR count). The van der Waals surface area contributed by atoms with Gasteiger partial charge in [0.25, 0.3) is 11.8 Å². The third-order valence-corrected chi connectivity index (χ3v) is 12.1. The summed E-state index contributed by atoms with van der Waals surface area (Å²) in [5.74, 6) is -2.33. The van der Waals surface area contributed by atoms with Gasteiger partial charge >= 0.3 is 0 Å². The van der Waals surface area contributed by atoms with E-state index in [-0.39, 0.29) is 48.8 Å². The number of pyridine rings is 2. The number of aromatic nitrogens is 2. The maximum atomic E-state index is 13.3. The van der Waals surface area contributed by atoms with E-state index in [0.29, 0.717) is 71.0 Å². The fourth-order valence-corrected chi connectivity index (χ4v) is 9.29. The molecule has 2 saturated heterocycles. The molecule has 0 unspecified atom stereocenters. The second-order valence-corrected chi connectivity index (χ2v) is 15.7. The van der Waals surface area contributed by atoms with Gasteiger partial charge in [0.1, 0.15) is 0 Å². The van der Waals surface area contributed by atoms with E-state index in [4.69, 9.17) is 11.5 Å². The van der Waals surface area contributed by atoms with E-state index in [1.54, 1.807) is 48.8 Å². The molecule has 294 valence electrons. The highest BCUT2D eigenvalue weighted by atomic mass is 33.1. The Morgan fingerprint density at radius 1 is 0.643 bits per heavy atom. The molecule has 0 bridgehead atoms. The van der Waals surface area contributed by atoms with E-state index in [2.05, 4.69) is 31.2 Å². The summed E-state index contributed by atoms with van der Waals surface area (Å²) >= 11 is 0. The van der Waals surface area contributed by atoms with Crippen molar-refractivity contribution in [1.82, 2.24) is 41.0 Å². The Hall–Kier alpha value is -5.30. The number of likely N-dealkylation sites (tertiary alicyclic amines) is 2. The zero-order chi connectivity index (χ0) is 39.6. The molecule has 2 aliphatic heterocycles. The molecule has 4 aromatic rings. The minimum absolute atomic E-state index is 0.232. The zero-order valence-corrected chi connectivity index (χ0v) is 32.3. The molecule has 2 aromatic carbocycles. The van der Waals surface area contributed by atoms with E-state index >= 15 is 0 Å². The van der Waals surface area contributed by atoms with E-state index in [1.165, 1.54) is 21.6 Å². The Morgan fingerprint density at radius 2 is 1.07 bits per heavy atom. The van der Waals surface area contributed by atoms with Crippen LogP contribution in [0.2, 0.25) is 0 Å². The zero-order valence-electron chi connectivity index (χ0n) is 30.6. The lowest BCUT2D eigenvalue weighted by molar-refractivity contribution is -0.123. The van der Waals surface area contributed by atoms with Gasteiger partial charge in [0.15, 0.2) is 0 Å². The van der Waals surface area contributed by atoms with E-state index in [0.717, 1.165) is 36.7 Å². The van der Waals surface area contributed by atoms with Gasteiger partial charge in [0, 0.05) is 70.3 Å². The van der Waals surface area contributed by atoms with Crippen LogP contribution in [0.25, 0.3) is 21.8 Å². The molecule has 2 aliphatic rings. The van der Waals surface area contributed by atoms with Gasteiger partial charge in [-0.3, -0.25) is 48.5 Å². The molecule has 0 aliphatic carbocycles. The molecule has 4 heterocycles. The Kier molecular flexibility index (Phi) is 13.7. The first kappa shape index (κ1) is 40.4. The third kappa shape index (κ3) is 10.3. The molecular formula is C38H44N10O6S2. The smallest absolute Gasteiger partial charge is 0.251 e. The van der Waals surface area contributed by atoms with Gasteiger partial charge in [0.05, 0.1) is 36.2 Å². The number of hydrogen-bond acceptors (Lipinski definition) is 12. The first-order valence-corrected chi connectivity index (χ1v) is 20.5. The number of nitrogens with two attached hydrogens (primary N) is 2. The number of fused-ring (bicyclic) bond motifs is 2. The standard InChI is InChI=1S/C38H44N10O6S2/c39-35(51)27-7-3-13-47(27)15-11-41-31(49)21-45-37(53)25-17-23-5-1-9-43-33(23)29(19-25)55-56-30-20-26(18-24-6-2-10-44-34(24)30)38(54)46-22-32(50)42-12-16-48-14-4-8-28(48)36(40)52/h1-2,5-6,9-10,17-20,27-28H,3-4,7-8,11-16,21-22H2,(H2,39,51)(H2,40,52)(H,41,49)(H,42,50)(H,45,53)(H,46,54)/t27-,28-/m0/s1. The molecule has 2 atom stereocenters. The van der Waals surface area contributed by atoms with E-state index < -0.39 is 11.8 Å². The summed E-state index contributed by atoms with van der Waals surface area (Å²) in [6, 6.07) is 13.4. The Balaban J connectivity index is 1.07. The maximum absolute atomic E-state index is 13.3. The number of benzene rings is 2. The molecular weight excluding hydrogens is 757 g/mol. The molecule has 0 spiro atoms. The monoisotopic (exact) mass is 800 g/mol. The Bertz CT molecular complexity index is 1990. The summed E-state index contributed by atoms with van der Waals surface area (Å²) in [6.07, 6.45) is 6.50. The minimum atomic E-state index is -0.438. The highest BCUT2D eigenvalue weighted by Gasteiger charge is 2.29. The van der Waals surface area contributed by atoms with Crippen LogP contribution in [0.5, 0.6) is 0 Å². The topological polar surface area (TPSA) is 235 Å². The summed E-state index contributed by atoms with van der Waals surface area (Å²) in [4.78, 5) is 89.4. The summed E-state index contributed by atoms with van der Waals surface area (Å²) in [5, 5.41) is 12.4. The molecule has 2 aromatic heterocycles. The van der Waals surface area contributed by atoms with Gasteiger partial charge in [-0.2, -0.15) is 0 Å². The average molecular weight is 801 g/mol. The number of primary amides is 2. The van der Waals surface area contributed by atoms with Crippen LogP contribution < -0.4 is 32.7 Å². The highest BCUT2D eigenvalue weighted by Crippen LogP contribution is 2.43. The van der Waals surface area contributed by atoms with Crippen molar-refractivity contribution in [1.29, 1.82) is 0 Å². The summed E-state index contributed by atoms with van der Waals surface area (Å²) in [6.45, 7) is 2.63. The lowest BCUT2D eigenvalue weighted by Crippen LogP contribution is -2.45. The van der Waals surface area contributed by atoms with Crippen LogP contribution in [-0.2, 0) is 19.2 Å². The lowest BCUT2D eigenvalue weighted by Gasteiger charge is -2.21. The molecule has 6 amide bonds. The molecule has 8 N–H and O–H groups in total. The van der Waals surface area contributed by atoms with Crippen LogP contribution >= 0.6 is 21.6 Å². The SMILES string of the molecule is NC(=O)[C@@H]1CCCN1CCNC(=O)CNC(=O)c1cc(SSc2cc(C(=O)NCC(=O)NCCN3CCC[C@H]3C(N)=O)cc3cccnc23)c2ncccc2c1. The van der Waals surface area contributed by atoms with Crippen LogP contribution in [0.15, 0.2) is 70.7 Å². The molecule has 0 saturated carbocycles. The number of carbonyl (C=O) groups is 6. The van der Waals surface area contributed by atoms with Crippen molar-refractivity contribution < 1.29 is 28.8 Å². The summed E-state index contributed by atoms with van der Waals surface area (Å²) in [7, 11) is 2.70. The van der Waals surface area contributed by atoms with Crippen molar-refractivity contribution in [3.8, 4) is 0 Å². The van der Waals surface area contributed by atoms with Gasteiger partial charge in [-0.25, -0.2) is 0 Å². The van der Waals surface area contributed by atoms with E-state index in [9.17, 15) is 28.8 Å². The Morgan fingerprint density at radius 3 is 1.48 bits per heavy atom. The van der Waals surface area contributed by atoms with Crippen molar-refractivity contribution in [3.05, 3.63) is 72.1 Å². The van der Waals surface area contributed by atoms with Crippen LogP contribution in [0.4, 0.5) is 0 Å². The van der Waals surface area contributed by atoms with Gasteiger partial charge in [-0.15, -0.1) is 0 Å². The van der Waals surface area contributed by atoms with Crippen molar-refractivity contribution in [2.24, 2.45) is 11.5 Å². The molecule has 16 nitrogen and oxygen atoms in total. The summed E-state index contributed by atoms with van der Waals surface area (Å²) in [5.41, 5.74) is 13.0. The molecule has 18 heteroatoms. The van der Waals surface area contributed by atoms with Crippen LogP contribution in [0.3, 0.4) is 0 Å². The number of nitrogens with zero attached hydrogens (tertiary/aromatic N) is 4. The second kappa shape index (κ2) is 19.0. The van der Waals surface area contributed by atoms with Gasteiger partial charge in [-0.05, 0) is 75.2 Å². The highest BCUT2D eigenvalue weighted by molar-refractivity contribution is 8.76. The molecule has 2 fully saturated rings. The van der Waals surface area contributed by atoms with Crippen molar-refractivity contribution in [2.45, 2.75) is 47.6 Å². The van der Waals surface area contributed by atoms with E-state index in [1.807, 2.05) is 21.9 Å². The largest absolute Gasteiger partial charge is 0.368 e. The van der Waals surface area contributed by atoms with Gasteiger partial charge in [-0.1, -0.05) is 33.7 Å². The van der Waals surface area contributed by atoms with Crippen molar-refractivity contribution >= 4 is 78.8 Å². The fraction of sp³-hybridized carbons (Fsp3) is 0.368. The van der Waals surface area contributed by atoms with Crippen LogP contribution in [0.1, 0.15) is 46.4 Å². The van der Waals surface area contributed by atoms with Gasteiger partial charge < -0.3 is 32.7 Å². The van der Waals surface area contributed by atoms with Crippen LogP contribution in [-0.4, -0.2) is 120 Å². The predicted octanol–water partition coefficient (Wildman–Crippen LogP) is 1.17. The first-order chi connectivity index (χ1) is 27.1. The third-order valence-electron chi connectivity index (χ3n) is 9.73. The number of rotatable bonds is 17. The predicted molar refractivity (Wildman–Crippen MR) is 213 cm³/mol. The average Bonchev–Trinajstić information content (AvgIpc) is 3.88. The number of nitrogens with one attached hydrogen (secondary N) is 4. The molecule has 56 heavy (non-hydrogen) atoms. The minimum Gasteiger partial charge on any atom is -0.368 e. The Labute approximate surface area is 331 Å². The normalized spacial score (nSPS) is 17.1. The quantitative estimate of drug-likeness (QED) is 0.0827. The van der Waals surface area contributed by atoms with Crippen molar-refractivity contribution in [3.63, 3.8) is 0 Å². The fourth-order valence-electron chi connectivity index (χ4n) is 6.96. The number of hydrogen-bond donors (Lipinski definition) is 6. The summed E-state index contributed by atoms with van der Waals surface area (Å²) < 4.78 is 0.